The van der Waals surface area contributed by atoms with E-state index in [2.05, 4.69) is 0 Å². The highest BCUT2D eigenvalue weighted by Gasteiger charge is 2.23. The second-order valence-corrected chi connectivity index (χ2v) is 4.18. The number of thiazole rings is 1. The van der Waals surface area contributed by atoms with E-state index < -0.39 is 0 Å². The number of nitrogens with zero attached hydrogens (tertiary/aromatic N) is 1. The second-order valence-electron chi connectivity index (χ2n) is 3.32. The molecule has 0 saturated carbocycles. The topological polar surface area (TPSA) is 48.3 Å². The Morgan fingerprint density at radius 3 is 3.14 bits per heavy atom. The van der Waals surface area contributed by atoms with E-state index >= 15 is 0 Å². The minimum Gasteiger partial charge on any atom is -0.381 e. The van der Waals surface area contributed by atoms with Crippen LogP contribution in [-0.2, 0) is 16.1 Å². The molecular formula is C9H11NO3S. The molecule has 1 fully saturated rings. The smallest absolute Gasteiger partial charge is 0.307 e. The SMILES string of the molecule is O=C(Cn1ccsc1=O)C1CCOC1. The fourth-order valence-corrected chi connectivity index (χ4v) is 2.08. The van der Waals surface area contributed by atoms with E-state index in [0.29, 0.717) is 13.2 Å². The number of carbonyl (C=O) groups is 1. The first kappa shape index (κ1) is 9.61. The molecule has 0 amide bonds. The fourth-order valence-electron chi connectivity index (χ4n) is 1.49. The number of carbonyl (C=O) groups excluding carboxylic acids is 1. The van der Waals surface area contributed by atoms with E-state index in [0.717, 1.165) is 17.8 Å². The van der Waals surface area contributed by atoms with E-state index in [4.69, 9.17) is 4.74 Å². The highest BCUT2D eigenvalue weighted by Crippen LogP contribution is 2.13. The van der Waals surface area contributed by atoms with Crippen molar-refractivity contribution >= 4 is 17.1 Å². The van der Waals surface area contributed by atoms with Crippen LogP contribution < -0.4 is 4.87 Å². The van der Waals surface area contributed by atoms with Gasteiger partial charge in [0.25, 0.3) is 0 Å². The van der Waals surface area contributed by atoms with Crippen LogP contribution in [0.2, 0.25) is 0 Å². The Kier molecular flexibility index (Phi) is 2.79. The van der Waals surface area contributed by atoms with E-state index in [1.54, 1.807) is 11.6 Å². The van der Waals surface area contributed by atoms with Crippen molar-refractivity contribution in [3.05, 3.63) is 21.2 Å². The summed E-state index contributed by atoms with van der Waals surface area (Å²) in [5, 5.41) is 1.70. The standard InChI is InChI=1S/C9H11NO3S/c11-8(7-1-3-13-6-7)5-10-2-4-14-9(10)12/h2,4,7H,1,3,5-6H2. The summed E-state index contributed by atoms with van der Waals surface area (Å²) in [6, 6.07) is 0. The van der Waals surface area contributed by atoms with Gasteiger partial charge in [-0.05, 0) is 6.42 Å². The number of Topliss-reactive ketones (excluding diaryl/α,β-unsaturated/α-hetero) is 1. The molecule has 2 heterocycles. The van der Waals surface area contributed by atoms with Gasteiger partial charge in [0.05, 0.1) is 13.2 Å². The third-order valence-electron chi connectivity index (χ3n) is 2.36. The van der Waals surface area contributed by atoms with Crippen LogP contribution in [0.15, 0.2) is 16.4 Å². The number of ketones is 1. The lowest BCUT2D eigenvalue weighted by Crippen LogP contribution is -2.24. The van der Waals surface area contributed by atoms with Crippen LogP contribution in [0.3, 0.4) is 0 Å². The first-order valence-electron chi connectivity index (χ1n) is 4.52. The monoisotopic (exact) mass is 213 g/mol. The van der Waals surface area contributed by atoms with Gasteiger partial charge in [0, 0.05) is 24.1 Å². The van der Waals surface area contributed by atoms with E-state index in [1.165, 1.54) is 4.57 Å². The molecule has 1 aliphatic heterocycles. The first-order valence-corrected chi connectivity index (χ1v) is 5.40. The van der Waals surface area contributed by atoms with Gasteiger partial charge in [-0.25, -0.2) is 0 Å². The lowest BCUT2D eigenvalue weighted by Gasteiger charge is -2.05. The largest absolute Gasteiger partial charge is 0.381 e. The van der Waals surface area contributed by atoms with Crippen LogP contribution in [0.4, 0.5) is 0 Å². The molecule has 2 rings (SSSR count). The summed E-state index contributed by atoms with van der Waals surface area (Å²) >= 11 is 1.11. The molecule has 1 saturated heterocycles. The minimum absolute atomic E-state index is 0.0122. The van der Waals surface area contributed by atoms with Crippen molar-refractivity contribution in [3.63, 3.8) is 0 Å². The quantitative estimate of drug-likeness (QED) is 0.735. The lowest BCUT2D eigenvalue weighted by molar-refractivity contribution is -0.123. The fraction of sp³-hybridized carbons (Fsp3) is 0.556. The van der Waals surface area contributed by atoms with Crippen LogP contribution >= 0.6 is 11.3 Å². The van der Waals surface area contributed by atoms with Gasteiger partial charge >= 0.3 is 4.87 Å². The van der Waals surface area contributed by atoms with Crippen LogP contribution in [-0.4, -0.2) is 23.6 Å². The van der Waals surface area contributed by atoms with Crippen molar-refractivity contribution in [2.24, 2.45) is 5.92 Å². The molecule has 0 aromatic carbocycles. The molecule has 14 heavy (non-hydrogen) atoms. The van der Waals surface area contributed by atoms with E-state index in [1.807, 2.05) is 0 Å². The zero-order valence-electron chi connectivity index (χ0n) is 7.64. The second kappa shape index (κ2) is 4.06. The van der Waals surface area contributed by atoms with Crippen LogP contribution in [0.1, 0.15) is 6.42 Å². The average Bonchev–Trinajstić information content (AvgIpc) is 2.77. The highest BCUT2D eigenvalue weighted by atomic mass is 32.1. The summed E-state index contributed by atoms with van der Waals surface area (Å²) in [6.45, 7) is 1.36. The van der Waals surface area contributed by atoms with Crippen molar-refractivity contribution in [3.8, 4) is 0 Å². The Morgan fingerprint density at radius 1 is 1.71 bits per heavy atom. The minimum atomic E-state index is -0.0720. The molecule has 0 aliphatic carbocycles. The summed E-state index contributed by atoms with van der Waals surface area (Å²) in [7, 11) is 0. The van der Waals surface area contributed by atoms with Gasteiger partial charge in [0.1, 0.15) is 0 Å². The van der Waals surface area contributed by atoms with E-state index in [-0.39, 0.29) is 23.1 Å². The van der Waals surface area contributed by atoms with Gasteiger partial charge in [-0.15, -0.1) is 0 Å². The summed E-state index contributed by atoms with van der Waals surface area (Å²) in [6.07, 6.45) is 2.44. The zero-order chi connectivity index (χ0) is 9.97. The predicted octanol–water partition coefficient (Wildman–Crippen LogP) is 0.515. The van der Waals surface area contributed by atoms with Crippen molar-refractivity contribution in [2.75, 3.05) is 13.2 Å². The lowest BCUT2D eigenvalue weighted by atomic mass is 10.0. The Morgan fingerprint density at radius 2 is 2.57 bits per heavy atom. The third kappa shape index (κ3) is 1.93. The third-order valence-corrected chi connectivity index (χ3v) is 3.05. The maximum Gasteiger partial charge on any atom is 0.307 e. The summed E-state index contributed by atoms with van der Waals surface area (Å²) < 4.78 is 6.57. The molecule has 0 radical (unpaired) electrons. The molecule has 1 aromatic rings. The zero-order valence-corrected chi connectivity index (χ0v) is 8.46. The van der Waals surface area contributed by atoms with Gasteiger partial charge < -0.3 is 4.74 Å². The maximum atomic E-state index is 11.6. The predicted molar refractivity (Wildman–Crippen MR) is 52.5 cm³/mol. The van der Waals surface area contributed by atoms with Crippen LogP contribution in [0, 0.1) is 5.92 Å². The van der Waals surface area contributed by atoms with Crippen molar-refractivity contribution in [1.29, 1.82) is 0 Å². The van der Waals surface area contributed by atoms with Gasteiger partial charge in [-0.1, -0.05) is 11.3 Å². The normalized spacial score (nSPS) is 21.3. The summed E-state index contributed by atoms with van der Waals surface area (Å²) in [5.74, 6) is 0.0878. The highest BCUT2D eigenvalue weighted by molar-refractivity contribution is 7.07. The molecule has 0 N–H and O–H groups in total. The molecule has 0 spiro atoms. The Balaban J connectivity index is 2.01. The summed E-state index contributed by atoms with van der Waals surface area (Å²) in [5.41, 5.74) is 0. The number of aromatic nitrogens is 1. The van der Waals surface area contributed by atoms with Gasteiger partial charge in [0.15, 0.2) is 5.78 Å². The first-order chi connectivity index (χ1) is 6.77. The molecule has 76 valence electrons. The Hall–Kier alpha value is -0.940. The molecule has 5 heteroatoms. The van der Waals surface area contributed by atoms with Crippen molar-refractivity contribution in [2.45, 2.75) is 13.0 Å². The molecule has 1 atom stereocenters. The number of ether oxygens (including phenoxy) is 1. The average molecular weight is 213 g/mol. The van der Waals surface area contributed by atoms with Gasteiger partial charge in [-0.2, -0.15) is 0 Å². The molecule has 0 bridgehead atoms. The number of rotatable bonds is 3. The number of hydrogen-bond acceptors (Lipinski definition) is 4. The Labute approximate surface area is 85.1 Å². The molecule has 1 unspecified atom stereocenters. The molecule has 1 aliphatic rings. The van der Waals surface area contributed by atoms with E-state index in [9.17, 15) is 9.59 Å². The molecular weight excluding hydrogens is 202 g/mol. The van der Waals surface area contributed by atoms with Crippen LogP contribution in [0.5, 0.6) is 0 Å². The van der Waals surface area contributed by atoms with Crippen molar-refractivity contribution < 1.29 is 9.53 Å². The molecule has 1 aromatic heterocycles. The van der Waals surface area contributed by atoms with Crippen molar-refractivity contribution in [1.82, 2.24) is 4.57 Å². The number of hydrogen-bond donors (Lipinski definition) is 0. The van der Waals surface area contributed by atoms with Crippen LogP contribution in [0.25, 0.3) is 0 Å². The molecule has 4 nitrogen and oxygen atoms in total. The van der Waals surface area contributed by atoms with Gasteiger partial charge in [0.2, 0.25) is 0 Å². The Bertz CT molecular complexity index is 375. The summed E-state index contributed by atoms with van der Waals surface area (Å²) in [4.78, 5) is 22.7. The maximum absolute atomic E-state index is 11.6. The van der Waals surface area contributed by atoms with Gasteiger partial charge in [-0.3, -0.25) is 14.2 Å².